The van der Waals surface area contributed by atoms with Crippen LogP contribution in [0.5, 0.6) is 0 Å². The van der Waals surface area contributed by atoms with Crippen molar-refractivity contribution in [2.24, 2.45) is 5.92 Å². The van der Waals surface area contributed by atoms with Crippen LogP contribution in [0, 0.1) is 5.92 Å². The zero-order chi connectivity index (χ0) is 17.8. The van der Waals surface area contributed by atoms with Gasteiger partial charge in [-0.2, -0.15) is 0 Å². The molecule has 1 aliphatic rings. The second-order valence-corrected chi connectivity index (χ2v) is 7.23. The maximum absolute atomic E-state index is 13.0. The standard InChI is InChI=1S/C17H28N2O4/c1-7-13-8-9-14(23-12(3)21)17(10-13,18-11(2)20)15(22)19-16(4,5)6/h7,13-14H,1,8-10H2,2-6H3,(H,18,20)(H,19,22)/t13-,14+,17?/m1/s1. The number of ether oxygens (including phenoxy) is 1. The van der Waals surface area contributed by atoms with Crippen molar-refractivity contribution in [3.63, 3.8) is 0 Å². The summed E-state index contributed by atoms with van der Waals surface area (Å²) in [5.74, 6) is -1.07. The first-order valence-electron chi connectivity index (χ1n) is 7.91. The molecule has 2 N–H and O–H groups in total. The molecule has 6 heteroatoms. The number of hydrogen-bond acceptors (Lipinski definition) is 4. The molecule has 0 heterocycles. The van der Waals surface area contributed by atoms with E-state index in [1.807, 2.05) is 20.8 Å². The van der Waals surface area contributed by atoms with E-state index in [9.17, 15) is 14.4 Å². The summed E-state index contributed by atoms with van der Waals surface area (Å²) in [4.78, 5) is 36.2. The van der Waals surface area contributed by atoms with E-state index < -0.39 is 23.2 Å². The number of esters is 1. The lowest BCUT2D eigenvalue weighted by Gasteiger charge is -2.45. The van der Waals surface area contributed by atoms with Gasteiger partial charge in [0.05, 0.1) is 0 Å². The summed E-state index contributed by atoms with van der Waals surface area (Å²) in [7, 11) is 0. The molecule has 3 atom stereocenters. The van der Waals surface area contributed by atoms with Crippen molar-refractivity contribution in [2.45, 2.75) is 71.1 Å². The number of amides is 2. The highest BCUT2D eigenvalue weighted by atomic mass is 16.5. The summed E-state index contributed by atoms with van der Waals surface area (Å²) in [6, 6.07) is 0. The smallest absolute Gasteiger partial charge is 0.303 e. The lowest BCUT2D eigenvalue weighted by Crippen LogP contribution is -2.69. The van der Waals surface area contributed by atoms with E-state index in [4.69, 9.17) is 4.74 Å². The molecule has 130 valence electrons. The molecular formula is C17H28N2O4. The molecule has 0 aromatic heterocycles. The first-order chi connectivity index (χ1) is 10.5. The van der Waals surface area contributed by atoms with Crippen molar-refractivity contribution < 1.29 is 19.1 Å². The molecule has 23 heavy (non-hydrogen) atoms. The van der Waals surface area contributed by atoms with E-state index in [1.165, 1.54) is 13.8 Å². The monoisotopic (exact) mass is 324 g/mol. The number of hydrogen-bond donors (Lipinski definition) is 2. The maximum Gasteiger partial charge on any atom is 0.303 e. The molecule has 1 aliphatic carbocycles. The Bertz CT molecular complexity index is 495. The van der Waals surface area contributed by atoms with E-state index in [0.717, 1.165) is 6.42 Å². The SMILES string of the molecule is C=C[C@@H]1CC[C@H](OC(C)=O)C(NC(C)=O)(C(=O)NC(C)(C)C)C1. The van der Waals surface area contributed by atoms with Crippen LogP contribution >= 0.6 is 0 Å². The van der Waals surface area contributed by atoms with Crippen LogP contribution in [0.1, 0.15) is 53.9 Å². The minimum absolute atomic E-state index is 0.0689. The highest BCUT2D eigenvalue weighted by Crippen LogP contribution is 2.36. The summed E-state index contributed by atoms with van der Waals surface area (Å²) in [5, 5.41) is 5.67. The van der Waals surface area contributed by atoms with E-state index in [-0.39, 0.29) is 17.7 Å². The molecule has 0 saturated heterocycles. The van der Waals surface area contributed by atoms with Gasteiger partial charge in [-0.3, -0.25) is 14.4 Å². The Morgan fingerprint density at radius 3 is 2.26 bits per heavy atom. The van der Waals surface area contributed by atoms with E-state index in [1.54, 1.807) is 6.08 Å². The summed E-state index contributed by atoms with van der Waals surface area (Å²) in [6.07, 6.45) is 2.70. The van der Waals surface area contributed by atoms with Gasteiger partial charge >= 0.3 is 5.97 Å². The van der Waals surface area contributed by atoms with Crippen LogP contribution in [-0.4, -0.2) is 35.0 Å². The summed E-state index contributed by atoms with van der Waals surface area (Å²) < 4.78 is 5.39. The third-order valence-corrected chi connectivity index (χ3v) is 3.87. The Hall–Kier alpha value is -1.85. The number of carbonyl (C=O) groups is 3. The second kappa shape index (κ2) is 7.15. The molecule has 0 radical (unpaired) electrons. The third-order valence-electron chi connectivity index (χ3n) is 3.87. The van der Waals surface area contributed by atoms with E-state index in [2.05, 4.69) is 17.2 Å². The van der Waals surface area contributed by atoms with Crippen LogP contribution in [0.15, 0.2) is 12.7 Å². The Morgan fingerprint density at radius 1 is 1.22 bits per heavy atom. The van der Waals surface area contributed by atoms with Gasteiger partial charge in [-0.15, -0.1) is 6.58 Å². The predicted molar refractivity (Wildman–Crippen MR) is 87.5 cm³/mol. The fourth-order valence-corrected chi connectivity index (χ4v) is 3.01. The van der Waals surface area contributed by atoms with E-state index >= 15 is 0 Å². The van der Waals surface area contributed by atoms with Gasteiger partial charge in [0.25, 0.3) is 0 Å². The van der Waals surface area contributed by atoms with Crippen LogP contribution in [0.4, 0.5) is 0 Å². The molecule has 6 nitrogen and oxygen atoms in total. The molecule has 0 aliphatic heterocycles. The molecule has 1 unspecified atom stereocenters. The molecule has 2 amide bonds. The fourth-order valence-electron chi connectivity index (χ4n) is 3.01. The molecule has 1 fully saturated rings. The minimum Gasteiger partial charge on any atom is -0.459 e. The molecule has 0 spiro atoms. The zero-order valence-corrected chi connectivity index (χ0v) is 14.7. The quantitative estimate of drug-likeness (QED) is 0.609. The van der Waals surface area contributed by atoms with Crippen molar-refractivity contribution in [2.75, 3.05) is 0 Å². The first kappa shape index (κ1) is 19.2. The van der Waals surface area contributed by atoms with Crippen molar-refractivity contribution >= 4 is 17.8 Å². The lowest BCUT2D eigenvalue weighted by atomic mass is 9.72. The van der Waals surface area contributed by atoms with Crippen LogP contribution < -0.4 is 10.6 Å². The van der Waals surface area contributed by atoms with Gasteiger partial charge in [-0.05, 0) is 46.0 Å². The van der Waals surface area contributed by atoms with Gasteiger partial charge < -0.3 is 15.4 Å². The predicted octanol–water partition coefficient (Wildman–Crippen LogP) is 1.69. The van der Waals surface area contributed by atoms with Crippen molar-refractivity contribution in [3.05, 3.63) is 12.7 Å². The average molecular weight is 324 g/mol. The van der Waals surface area contributed by atoms with Gasteiger partial charge in [0.2, 0.25) is 11.8 Å². The summed E-state index contributed by atoms with van der Waals surface area (Å²) in [5.41, 5.74) is -1.74. The minimum atomic E-state index is -1.28. The van der Waals surface area contributed by atoms with Crippen LogP contribution in [0.2, 0.25) is 0 Å². The first-order valence-corrected chi connectivity index (χ1v) is 7.91. The van der Waals surface area contributed by atoms with Gasteiger partial charge in [-0.1, -0.05) is 6.08 Å². The largest absolute Gasteiger partial charge is 0.459 e. The van der Waals surface area contributed by atoms with Gasteiger partial charge in [0.15, 0.2) is 5.54 Å². The zero-order valence-electron chi connectivity index (χ0n) is 14.7. The van der Waals surface area contributed by atoms with Gasteiger partial charge in [0, 0.05) is 19.4 Å². The maximum atomic E-state index is 13.0. The Labute approximate surface area is 138 Å². The number of rotatable bonds is 4. The van der Waals surface area contributed by atoms with Crippen molar-refractivity contribution in [3.8, 4) is 0 Å². The molecule has 1 saturated carbocycles. The van der Waals surface area contributed by atoms with Crippen LogP contribution in [-0.2, 0) is 19.1 Å². The number of carbonyl (C=O) groups excluding carboxylic acids is 3. The average Bonchev–Trinajstić information content (AvgIpc) is 2.37. The van der Waals surface area contributed by atoms with Crippen LogP contribution in [0.25, 0.3) is 0 Å². The van der Waals surface area contributed by atoms with Crippen LogP contribution in [0.3, 0.4) is 0 Å². The van der Waals surface area contributed by atoms with Crippen molar-refractivity contribution in [1.29, 1.82) is 0 Å². The van der Waals surface area contributed by atoms with Gasteiger partial charge in [0.1, 0.15) is 6.10 Å². The number of allylic oxidation sites excluding steroid dienone is 1. The molecule has 0 aromatic carbocycles. The van der Waals surface area contributed by atoms with E-state index in [0.29, 0.717) is 12.8 Å². The second-order valence-electron chi connectivity index (χ2n) is 7.23. The topological polar surface area (TPSA) is 84.5 Å². The fraction of sp³-hybridized carbons (Fsp3) is 0.706. The highest BCUT2D eigenvalue weighted by molar-refractivity contribution is 5.92. The summed E-state index contributed by atoms with van der Waals surface area (Å²) in [6.45, 7) is 12.0. The van der Waals surface area contributed by atoms with Gasteiger partial charge in [-0.25, -0.2) is 0 Å². The Kier molecular flexibility index (Phi) is 5.97. The lowest BCUT2D eigenvalue weighted by molar-refractivity contribution is -0.161. The normalized spacial score (nSPS) is 27.7. The summed E-state index contributed by atoms with van der Waals surface area (Å²) >= 11 is 0. The Morgan fingerprint density at radius 2 is 1.83 bits per heavy atom. The number of nitrogens with one attached hydrogen (secondary N) is 2. The molecule has 1 rings (SSSR count). The third kappa shape index (κ3) is 5.08. The highest BCUT2D eigenvalue weighted by Gasteiger charge is 2.52. The van der Waals surface area contributed by atoms with Crippen molar-refractivity contribution in [1.82, 2.24) is 10.6 Å². The molecule has 0 bridgehead atoms. The Balaban J connectivity index is 3.26. The molecule has 0 aromatic rings. The molecular weight excluding hydrogens is 296 g/mol.